The Balaban J connectivity index is 2.76. The second-order valence-corrected chi connectivity index (χ2v) is 3.73. The summed E-state index contributed by atoms with van der Waals surface area (Å²) in [4.78, 5) is 0. The number of hydrogen-bond donors (Lipinski definition) is 1. The summed E-state index contributed by atoms with van der Waals surface area (Å²) >= 11 is 0. The summed E-state index contributed by atoms with van der Waals surface area (Å²) in [6.45, 7) is 7.39. The molecule has 0 saturated heterocycles. The molecule has 0 saturated carbocycles. The number of ether oxygens (including phenoxy) is 2. The maximum Gasteiger partial charge on any atom is 0.128 e. The van der Waals surface area contributed by atoms with Gasteiger partial charge in [-0.25, -0.2) is 0 Å². The van der Waals surface area contributed by atoms with Gasteiger partial charge >= 0.3 is 0 Å². The minimum absolute atomic E-state index is 0.489. The monoisotopic (exact) mass is 237 g/mol. The lowest BCUT2D eigenvalue weighted by molar-refractivity contribution is 0.110. The Kier molecular flexibility index (Phi) is 5.49. The van der Waals surface area contributed by atoms with Crippen LogP contribution in [0.5, 0.6) is 5.75 Å². The van der Waals surface area contributed by atoms with Crippen molar-refractivity contribution in [3.63, 3.8) is 0 Å². The molecule has 0 amide bonds. The molecule has 0 bridgehead atoms. The first-order valence-corrected chi connectivity index (χ1v) is 5.69. The molecule has 0 radical (unpaired) electrons. The molecule has 0 aromatic heterocycles. The standard InChI is InChI=1S/C13H19NO3/c1-4-16-7-8-17-13-6-5-10(2)9-12(13)11(3)14-15/h5-6,9,15H,4,7-8H2,1-3H3/b14-11+. The Labute approximate surface area is 102 Å². The second kappa shape index (κ2) is 6.91. The van der Waals surface area contributed by atoms with Gasteiger partial charge in [0, 0.05) is 12.2 Å². The van der Waals surface area contributed by atoms with Crippen molar-refractivity contribution in [1.82, 2.24) is 0 Å². The van der Waals surface area contributed by atoms with Gasteiger partial charge in [0.15, 0.2) is 0 Å². The van der Waals surface area contributed by atoms with Crippen molar-refractivity contribution in [2.45, 2.75) is 20.8 Å². The number of nitrogens with zero attached hydrogens (tertiary/aromatic N) is 1. The van der Waals surface area contributed by atoms with Crippen molar-refractivity contribution < 1.29 is 14.7 Å². The van der Waals surface area contributed by atoms with E-state index in [2.05, 4.69) is 5.16 Å². The zero-order valence-electron chi connectivity index (χ0n) is 10.6. The van der Waals surface area contributed by atoms with Gasteiger partial charge in [-0.05, 0) is 32.9 Å². The van der Waals surface area contributed by atoms with Crippen LogP contribution in [0.4, 0.5) is 0 Å². The van der Waals surface area contributed by atoms with E-state index < -0.39 is 0 Å². The quantitative estimate of drug-likeness (QED) is 0.358. The van der Waals surface area contributed by atoms with Gasteiger partial charge in [0.2, 0.25) is 0 Å². The molecule has 0 fully saturated rings. The van der Waals surface area contributed by atoms with E-state index in [-0.39, 0.29) is 0 Å². The lowest BCUT2D eigenvalue weighted by Crippen LogP contribution is -2.09. The minimum Gasteiger partial charge on any atom is -0.490 e. The molecule has 1 aromatic carbocycles. The molecule has 17 heavy (non-hydrogen) atoms. The maximum absolute atomic E-state index is 8.82. The molecular weight excluding hydrogens is 218 g/mol. The Hall–Kier alpha value is -1.55. The molecule has 0 aliphatic carbocycles. The van der Waals surface area contributed by atoms with Crippen molar-refractivity contribution in [1.29, 1.82) is 0 Å². The fourth-order valence-corrected chi connectivity index (χ4v) is 1.46. The molecule has 1 N–H and O–H groups in total. The molecule has 0 aliphatic rings. The van der Waals surface area contributed by atoms with Gasteiger partial charge in [-0.2, -0.15) is 0 Å². The van der Waals surface area contributed by atoms with E-state index in [0.717, 1.165) is 11.1 Å². The molecule has 0 aliphatic heterocycles. The molecule has 0 atom stereocenters. The summed E-state index contributed by atoms with van der Waals surface area (Å²) in [6.07, 6.45) is 0. The van der Waals surface area contributed by atoms with Crippen LogP contribution in [0.3, 0.4) is 0 Å². The maximum atomic E-state index is 8.82. The lowest BCUT2D eigenvalue weighted by atomic mass is 10.1. The highest BCUT2D eigenvalue weighted by Crippen LogP contribution is 2.20. The normalized spacial score (nSPS) is 11.6. The van der Waals surface area contributed by atoms with Gasteiger partial charge < -0.3 is 14.7 Å². The van der Waals surface area contributed by atoms with Gasteiger partial charge in [-0.3, -0.25) is 0 Å². The Morgan fingerprint density at radius 2 is 2.12 bits per heavy atom. The highest BCUT2D eigenvalue weighted by Gasteiger charge is 2.07. The van der Waals surface area contributed by atoms with E-state index in [1.807, 2.05) is 32.0 Å². The van der Waals surface area contributed by atoms with Crippen molar-refractivity contribution in [2.24, 2.45) is 5.16 Å². The summed E-state index contributed by atoms with van der Waals surface area (Å²) in [5.74, 6) is 0.714. The molecule has 4 nitrogen and oxygen atoms in total. The van der Waals surface area contributed by atoms with E-state index in [1.165, 1.54) is 0 Å². The van der Waals surface area contributed by atoms with E-state index in [4.69, 9.17) is 14.7 Å². The fourth-order valence-electron chi connectivity index (χ4n) is 1.46. The van der Waals surface area contributed by atoms with Crippen LogP contribution in [0.1, 0.15) is 25.0 Å². The zero-order chi connectivity index (χ0) is 12.7. The first kappa shape index (κ1) is 13.5. The third-order valence-corrected chi connectivity index (χ3v) is 2.36. The van der Waals surface area contributed by atoms with E-state index in [9.17, 15) is 0 Å². The summed E-state index contributed by atoms with van der Waals surface area (Å²) in [5, 5.41) is 12.0. The summed E-state index contributed by atoms with van der Waals surface area (Å²) in [5.41, 5.74) is 2.45. The predicted octanol–water partition coefficient (Wildman–Crippen LogP) is 2.61. The van der Waals surface area contributed by atoms with Gasteiger partial charge in [-0.1, -0.05) is 16.8 Å². The number of hydrogen-bond acceptors (Lipinski definition) is 4. The molecule has 1 rings (SSSR count). The number of rotatable bonds is 6. The van der Waals surface area contributed by atoms with Gasteiger partial charge in [-0.15, -0.1) is 0 Å². The van der Waals surface area contributed by atoms with Crippen molar-refractivity contribution >= 4 is 5.71 Å². The zero-order valence-corrected chi connectivity index (χ0v) is 10.6. The van der Waals surface area contributed by atoms with E-state index in [0.29, 0.717) is 31.3 Å². The van der Waals surface area contributed by atoms with Crippen LogP contribution in [0.25, 0.3) is 0 Å². The lowest BCUT2D eigenvalue weighted by Gasteiger charge is -2.11. The average molecular weight is 237 g/mol. The third kappa shape index (κ3) is 4.07. The van der Waals surface area contributed by atoms with Crippen LogP contribution in [0, 0.1) is 6.92 Å². The van der Waals surface area contributed by atoms with Crippen LogP contribution in [0.15, 0.2) is 23.4 Å². The van der Waals surface area contributed by atoms with Crippen LogP contribution < -0.4 is 4.74 Å². The second-order valence-electron chi connectivity index (χ2n) is 3.73. The molecule has 0 heterocycles. The molecule has 0 unspecified atom stereocenters. The summed E-state index contributed by atoms with van der Waals surface area (Å²) < 4.78 is 10.8. The number of oxime groups is 1. The van der Waals surface area contributed by atoms with E-state index >= 15 is 0 Å². The van der Waals surface area contributed by atoms with Crippen LogP contribution in [0.2, 0.25) is 0 Å². The number of benzene rings is 1. The minimum atomic E-state index is 0.489. The Morgan fingerprint density at radius 3 is 2.76 bits per heavy atom. The highest BCUT2D eigenvalue weighted by atomic mass is 16.5. The topological polar surface area (TPSA) is 51.0 Å². The van der Waals surface area contributed by atoms with Crippen LogP contribution >= 0.6 is 0 Å². The van der Waals surface area contributed by atoms with Crippen LogP contribution in [-0.4, -0.2) is 30.7 Å². The van der Waals surface area contributed by atoms with Crippen molar-refractivity contribution in [2.75, 3.05) is 19.8 Å². The molecule has 0 spiro atoms. The third-order valence-electron chi connectivity index (χ3n) is 2.36. The van der Waals surface area contributed by atoms with E-state index in [1.54, 1.807) is 6.92 Å². The molecular formula is C13H19NO3. The van der Waals surface area contributed by atoms with Gasteiger partial charge in [0.1, 0.15) is 12.4 Å². The molecule has 1 aromatic rings. The largest absolute Gasteiger partial charge is 0.490 e. The van der Waals surface area contributed by atoms with Gasteiger partial charge in [0.25, 0.3) is 0 Å². The first-order chi connectivity index (χ1) is 8.19. The number of aryl methyl sites for hydroxylation is 1. The average Bonchev–Trinajstić information content (AvgIpc) is 2.35. The van der Waals surface area contributed by atoms with Crippen molar-refractivity contribution in [3.8, 4) is 5.75 Å². The molecule has 4 heteroatoms. The Bertz CT molecular complexity index is 388. The predicted molar refractivity (Wildman–Crippen MR) is 67.2 cm³/mol. The van der Waals surface area contributed by atoms with Crippen molar-refractivity contribution in [3.05, 3.63) is 29.3 Å². The summed E-state index contributed by atoms with van der Waals surface area (Å²) in [7, 11) is 0. The smallest absolute Gasteiger partial charge is 0.128 e. The molecule has 94 valence electrons. The Morgan fingerprint density at radius 1 is 1.35 bits per heavy atom. The van der Waals surface area contributed by atoms with Crippen LogP contribution in [-0.2, 0) is 4.74 Å². The first-order valence-electron chi connectivity index (χ1n) is 5.69. The summed E-state index contributed by atoms with van der Waals surface area (Å²) in [6, 6.07) is 5.78. The fraction of sp³-hybridized carbons (Fsp3) is 0.462. The van der Waals surface area contributed by atoms with Gasteiger partial charge in [0.05, 0.1) is 12.3 Å². The highest BCUT2D eigenvalue weighted by molar-refractivity contribution is 6.00. The SMILES string of the molecule is CCOCCOc1ccc(C)cc1/C(C)=N/O.